The van der Waals surface area contributed by atoms with Crippen LogP contribution in [0.15, 0.2) is 30.3 Å². The molecule has 19 heavy (non-hydrogen) atoms. The van der Waals surface area contributed by atoms with Gasteiger partial charge in [-0.1, -0.05) is 30.3 Å². The van der Waals surface area contributed by atoms with E-state index < -0.39 is 12.1 Å². The van der Waals surface area contributed by atoms with E-state index in [1.54, 1.807) is 0 Å². The molecule has 0 spiro atoms. The van der Waals surface area contributed by atoms with Gasteiger partial charge in [0.15, 0.2) is 0 Å². The molecular formula is C12H16N2O5. The number of carbonyl (C=O) groups excluding carboxylic acids is 2. The number of hydrogen-bond acceptors (Lipinski definition) is 4. The van der Waals surface area contributed by atoms with Crippen LogP contribution in [0.25, 0.3) is 0 Å². The van der Waals surface area contributed by atoms with E-state index in [1.807, 2.05) is 30.3 Å². The van der Waals surface area contributed by atoms with Crippen LogP contribution < -0.4 is 11.1 Å². The zero-order valence-electron chi connectivity index (χ0n) is 10.5. The average molecular weight is 268 g/mol. The molecule has 1 aromatic rings. The van der Waals surface area contributed by atoms with E-state index in [1.165, 1.54) is 6.92 Å². The summed E-state index contributed by atoms with van der Waals surface area (Å²) in [6.07, 6.45) is -0.742. The first kappa shape index (κ1) is 16.4. The minimum Gasteiger partial charge on any atom is -0.480 e. The van der Waals surface area contributed by atoms with Crippen molar-refractivity contribution in [3.8, 4) is 0 Å². The number of nitrogens with one attached hydrogen (secondary N) is 1. The number of nitrogens with two attached hydrogens (primary N) is 1. The van der Waals surface area contributed by atoms with E-state index in [0.29, 0.717) is 0 Å². The molecule has 0 unspecified atom stereocenters. The molecule has 104 valence electrons. The fourth-order valence-electron chi connectivity index (χ4n) is 0.929. The Kier molecular flexibility index (Phi) is 8.18. The molecule has 0 aliphatic carbocycles. The number of carboxylic acids is 1. The number of carbonyl (C=O) groups is 3. The van der Waals surface area contributed by atoms with Crippen molar-refractivity contribution in [2.24, 2.45) is 5.73 Å². The number of benzene rings is 1. The molecule has 0 atom stereocenters. The van der Waals surface area contributed by atoms with E-state index in [0.717, 1.165) is 5.56 Å². The third-order valence-corrected chi connectivity index (χ3v) is 1.71. The molecule has 0 fully saturated rings. The highest BCUT2D eigenvalue weighted by atomic mass is 16.5. The van der Waals surface area contributed by atoms with Gasteiger partial charge in [-0.05, 0) is 5.56 Å². The van der Waals surface area contributed by atoms with Crippen molar-refractivity contribution in [3.05, 3.63) is 35.9 Å². The molecule has 0 bridgehead atoms. The predicted octanol–water partition coefficient (Wildman–Crippen LogP) is 0.489. The number of aliphatic carboxylic acids is 1. The number of carboxylic acid groups (broad SMARTS) is 1. The fraction of sp³-hybridized carbons (Fsp3) is 0.250. The number of ether oxygens (including phenoxy) is 1. The van der Waals surface area contributed by atoms with Crippen molar-refractivity contribution >= 4 is 18.0 Å². The molecule has 0 saturated heterocycles. The van der Waals surface area contributed by atoms with E-state index in [4.69, 9.17) is 10.8 Å². The topological polar surface area (TPSA) is 119 Å². The minimum atomic E-state index is -1.03. The van der Waals surface area contributed by atoms with Gasteiger partial charge < -0.3 is 20.9 Å². The van der Waals surface area contributed by atoms with E-state index in [9.17, 15) is 14.4 Å². The Bertz CT molecular complexity index is 405. The maximum absolute atomic E-state index is 10.2. The molecular weight excluding hydrogens is 252 g/mol. The Labute approximate surface area is 110 Å². The van der Waals surface area contributed by atoms with Crippen LogP contribution in [0.1, 0.15) is 12.5 Å². The Balaban J connectivity index is 0.000000362. The Hall–Kier alpha value is -2.57. The molecule has 1 rings (SSSR count). The number of amides is 2. The van der Waals surface area contributed by atoms with E-state index in [-0.39, 0.29) is 19.1 Å². The molecule has 0 heterocycles. The van der Waals surface area contributed by atoms with Crippen molar-refractivity contribution in [3.63, 3.8) is 0 Å². The highest BCUT2D eigenvalue weighted by Crippen LogP contribution is 1.99. The first-order chi connectivity index (χ1) is 8.91. The molecule has 0 aliphatic rings. The van der Waals surface area contributed by atoms with Crippen molar-refractivity contribution in [1.82, 2.24) is 5.32 Å². The van der Waals surface area contributed by atoms with Crippen molar-refractivity contribution in [2.45, 2.75) is 13.5 Å². The van der Waals surface area contributed by atoms with Crippen LogP contribution in [-0.4, -0.2) is 29.6 Å². The summed E-state index contributed by atoms with van der Waals surface area (Å²) in [6.45, 7) is 1.22. The van der Waals surface area contributed by atoms with Gasteiger partial charge in [0.25, 0.3) is 0 Å². The van der Waals surface area contributed by atoms with Gasteiger partial charge in [-0.15, -0.1) is 0 Å². The largest absolute Gasteiger partial charge is 0.480 e. The van der Waals surface area contributed by atoms with Crippen LogP contribution in [-0.2, 0) is 20.9 Å². The lowest BCUT2D eigenvalue weighted by molar-refractivity contribution is -0.137. The van der Waals surface area contributed by atoms with Crippen LogP contribution in [0.2, 0.25) is 0 Å². The predicted molar refractivity (Wildman–Crippen MR) is 67.1 cm³/mol. The highest BCUT2D eigenvalue weighted by molar-refractivity contribution is 5.79. The third-order valence-electron chi connectivity index (χ3n) is 1.71. The van der Waals surface area contributed by atoms with Crippen LogP contribution in [0.4, 0.5) is 4.79 Å². The fourth-order valence-corrected chi connectivity index (χ4v) is 0.929. The van der Waals surface area contributed by atoms with Crippen LogP contribution in [0.5, 0.6) is 0 Å². The van der Waals surface area contributed by atoms with E-state index >= 15 is 0 Å². The zero-order chi connectivity index (χ0) is 14.7. The molecule has 7 nitrogen and oxygen atoms in total. The van der Waals surface area contributed by atoms with Gasteiger partial charge in [-0.25, -0.2) is 4.79 Å². The standard InChI is InChI=1S/C8H9NO2.C4H7NO3/c9-8(10)11-6-7-4-2-1-3-5-7;1-3(6)5-2-4(7)8/h1-5H,6H2,(H2,9,10);2H2,1H3,(H,5,6)(H,7,8). The monoisotopic (exact) mass is 268 g/mol. The molecule has 7 heteroatoms. The lowest BCUT2D eigenvalue weighted by Gasteiger charge is -1.99. The van der Waals surface area contributed by atoms with Crippen molar-refractivity contribution in [1.29, 1.82) is 0 Å². The SMILES string of the molecule is CC(=O)NCC(=O)O.NC(=O)OCc1ccccc1. The summed E-state index contributed by atoms with van der Waals surface area (Å²) < 4.78 is 4.57. The van der Waals surface area contributed by atoms with Gasteiger partial charge in [0, 0.05) is 6.92 Å². The first-order valence-electron chi connectivity index (χ1n) is 5.34. The second-order valence-electron chi connectivity index (χ2n) is 3.40. The second-order valence-corrected chi connectivity index (χ2v) is 3.40. The van der Waals surface area contributed by atoms with Crippen molar-refractivity contribution < 1.29 is 24.2 Å². The highest BCUT2D eigenvalue weighted by Gasteiger charge is 1.95. The summed E-state index contributed by atoms with van der Waals surface area (Å²) in [5.41, 5.74) is 5.72. The molecule has 0 saturated carbocycles. The summed E-state index contributed by atoms with van der Waals surface area (Å²) >= 11 is 0. The van der Waals surface area contributed by atoms with Gasteiger partial charge in [-0.3, -0.25) is 9.59 Å². The minimum absolute atomic E-state index is 0.246. The Morgan fingerprint density at radius 1 is 1.26 bits per heavy atom. The van der Waals surface area contributed by atoms with Gasteiger partial charge in [0.2, 0.25) is 5.91 Å². The molecule has 2 amide bonds. The molecule has 0 radical (unpaired) electrons. The smallest absolute Gasteiger partial charge is 0.404 e. The maximum atomic E-state index is 10.2. The Morgan fingerprint density at radius 3 is 2.21 bits per heavy atom. The number of primary amides is 1. The van der Waals surface area contributed by atoms with Gasteiger partial charge in [-0.2, -0.15) is 0 Å². The third kappa shape index (κ3) is 11.7. The van der Waals surface area contributed by atoms with Crippen LogP contribution in [0.3, 0.4) is 0 Å². The summed E-state index contributed by atoms with van der Waals surface area (Å²) in [5, 5.41) is 10.1. The lowest BCUT2D eigenvalue weighted by atomic mass is 10.2. The van der Waals surface area contributed by atoms with Gasteiger partial charge in [0.05, 0.1) is 0 Å². The van der Waals surface area contributed by atoms with E-state index in [2.05, 4.69) is 10.1 Å². The average Bonchev–Trinajstić information content (AvgIpc) is 2.36. The molecule has 4 N–H and O–H groups in total. The summed E-state index contributed by atoms with van der Waals surface area (Å²) in [5.74, 6) is -1.35. The quantitative estimate of drug-likeness (QED) is 0.734. The lowest BCUT2D eigenvalue weighted by Crippen LogP contribution is -2.26. The molecule has 1 aromatic carbocycles. The Morgan fingerprint density at radius 2 is 1.84 bits per heavy atom. The van der Waals surface area contributed by atoms with Gasteiger partial charge in [0.1, 0.15) is 13.2 Å². The number of hydrogen-bond donors (Lipinski definition) is 3. The molecule has 0 aliphatic heterocycles. The maximum Gasteiger partial charge on any atom is 0.404 e. The van der Waals surface area contributed by atoms with Crippen LogP contribution >= 0.6 is 0 Å². The summed E-state index contributed by atoms with van der Waals surface area (Å²) in [7, 11) is 0. The summed E-state index contributed by atoms with van der Waals surface area (Å²) in [4.78, 5) is 29.8. The van der Waals surface area contributed by atoms with Crippen molar-refractivity contribution in [2.75, 3.05) is 6.54 Å². The second kappa shape index (κ2) is 9.46. The van der Waals surface area contributed by atoms with Gasteiger partial charge >= 0.3 is 12.1 Å². The number of rotatable bonds is 4. The zero-order valence-corrected chi connectivity index (χ0v) is 10.5. The van der Waals surface area contributed by atoms with Crippen LogP contribution in [0, 0.1) is 0 Å². The first-order valence-corrected chi connectivity index (χ1v) is 5.34. The molecule has 0 aromatic heterocycles. The summed E-state index contributed by atoms with van der Waals surface area (Å²) in [6, 6.07) is 9.37. The normalized spacial score (nSPS) is 8.68.